The van der Waals surface area contributed by atoms with Gasteiger partial charge in [0, 0.05) is 14.2 Å². The number of fused-ring (bicyclic) bond motifs is 1. The van der Waals surface area contributed by atoms with Gasteiger partial charge in [0.05, 0.1) is 16.5 Å². The minimum absolute atomic E-state index is 0.247. The molecule has 0 amide bonds. The fourth-order valence-corrected chi connectivity index (χ4v) is 3.15. The zero-order chi connectivity index (χ0) is 17.2. The van der Waals surface area contributed by atoms with Crippen molar-refractivity contribution in [3.05, 3.63) is 58.4 Å². The van der Waals surface area contributed by atoms with Gasteiger partial charge in [-0.1, -0.05) is 18.2 Å². The van der Waals surface area contributed by atoms with E-state index in [1.807, 2.05) is 12.1 Å². The average molecular weight is 348 g/mol. The smallest absolute Gasteiger partial charge is 0.404 e. The van der Waals surface area contributed by atoms with Gasteiger partial charge in [0.1, 0.15) is 11.6 Å². The third kappa shape index (κ3) is 3.19. The predicted octanol–water partition coefficient (Wildman–Crippen LogP) is 3.40. The third-order valence-electron chi connectivity index (χ3n) is 3.64. The van der Waals surface area contributed by atoms with Crippen molar-refractivity contribution < 1.29 is 18.1 Å². The molecule has 0 saturated carbocycles. The maximum absolute atomic E-state index is 12.3. The van der Waals surface area contributed by atoms with Crippen LogP contribution in [0.5, 0.6) is 0 Å². The summed E-state index contributed by atoms with van der Waals surface area (Å²) in [6.07, 6.45) is 5.11. The first kappa shape index (κ1) is 16.6. The van der Waals surface area contributed by atoms with Crippen LogP contribution in [0.15, 0.2) is 47.0 Å². The number of allylic oxidation sites excluding steroid dienone is 3. The topological polar surface area (TPSA) is 90.5 Å². The van der Waals surface area contributed by atoms with Crippen molar-refractivity contribution in [3.8, 4) is 0 Å². The number of rotatable bonds is 5. The molecule has 0 radical (unpaired) electrons. The molecule has 126 valence electrons. The van der Waals surface area contributed by atoms with Gasteiger partial charge in [0.15, 0.2) is 0 Å². The Labute approximate surface area is 138 Å². The minimum atomic E-state index is -3.70. The van der Waals surface area contributed by atoms with Crippen LogP contribution in [-0.4, -0.2) is 24.2 Å². The molecule has 0 fully saturated rings. The Bertz CT molecular complexity index is 923. The normalized spacial score (nSPS) is 15.1. The van der Waals surface area contributed by atoms with Crippen LogP contribution in [0.25, 0.3) is 16.5 Å². The van der Waals surface area contributed by atoms with Crippen molar-refractivity contribution in [1.82, 2.24) is 9.97 Å². The van der Waals surface area contributed by atoms with Crippen LogP contribution < -0.4 is 5.56 Å². The largest absolute Gasteiger partial charge is 0.529 e. The Balaban J connectivity index is 2.04. The number of hydrogen-bond acceptors (Lipinski definition) is 6. The second-order valence-corrected chi connectivity index (χ2v) is 6.91. The summed E-state index contributed by atoms with van der Waals surface area (Å²) in [4.78, 5) is 19.5. The summed E-state index contributed by atoms with van der Waals surface area (Å²) < 4.78 is 27.3. The van der Waals surface area contributed by atoms with Gasteiger partial charge in [-0.05, 0) is 31.1 Å². The molecule has 1 aromatic carbocycles. The van der Waals surface area contributed by atoms with Gasteiger partial charge in [0.25, 0.3) is 5.56 Å². The molecule has 0 aliphatic heterocycles. The van der Waals surface area contributed by atoms with Crippen LogP contribution in [-0.2, 0) is 18.1 Å². The quantitative estimate of drug-likeness (QED) is 0.833. The molecule has 0 atom stereocenters. The van der Waals surface area contributed by atoms with Gasteiger partial charge in [-0.25, -0.2) is 9.55 Å². The highest BCUT2D eigenvalue weighted by Gasteiger charge is 2.29. The second kappa shape index (κ2) is 6.73. The Hall–Kier alpha value is -2.21. The zero-order valence-electron chi connectivity index (χ0n) is 13.3. The van der Waals surface area contributed by atoms with Crippen molar-refractivity contribution >= 4 is 24.3 Å². The fourth-order valence-electron chi connectivity index (χ4n) is 2.44. The number of para-hydroxylation sites is 1. The standard InChI is InChI=1S/C16H17N2O5P/c1-21-24(20,22-2)23-14-10-6-4-8-12(14)15-17-13-9-5-3-7-11(13)16(19)18-15/h3,5,7-10H,4,6H2,1-2H3,(H,17,18,19). The van der Waals surface area contributed by atoms with E-state index in [-0.39, 0.29) is 5.56 Å². The molecule has 3 rings (SSSR count). The molecular formula is C16H17N2O5P. The van der Waals surface area contributed by atoms with Gasteiger partial charge < -0.3 is 9.51 Å². The molecule has 0 bridgehead atoms. The van der Waals surface area contributed by atoms with E-state index < -0.39 is 7.82 Å². The molecule has 0 spiro atoms. The number of H-pyrrole nitrogens is 1. The highest BCUT2D eigenvalue weighted by atomic mass is 31.2. The van der Waals surface area contributed by atoms with E-state index in [2.05, 4.69) is 9.97 Å². The highest BCUT2D eigenvalue weighted by molar-refractivity contribution is 7.48. The van der Waals surface area contributed by atoms with E-state index in [0.29, 0.717) is 34.5 Å². The van der Waals surface area contributed by atoms with Crippen molar-refractivity contribution in [1.29, 1.82) is 0 Å². The first-order chi connectivity index (χ1) is 11.6. The monoisotopic (exact) mass is 348 g/mol. The summed E-state index contributed by atoms with van der Waals surface area (Å²) in [5.41, 5.74) is 0.880. The summed E-state index contributed by atoms with van der Waals surface area (Å²) >= 11 is 0. The van der Waals surface area contributed by atoms with E-state index in [9.17, 15) is 9.36 Å². The summed E-state index contributed by atoms with van der Waals surface area (Å²) in [7, 11) is -1.21. The Morgan fingerprint density at radius 1 is 1.12 bits per heavy atom. The molecule has 24 heavy (non-hydrogen) atoms. The Morgan fingerprint density at radius 3 is 2.58 bits per heavy atom. The van der Waals surface area contributed by atoms with Crippen molar-refractivity contribution in [2.75, 3.05) is 14.2 Å². The van der Waals surface area contributed by atoms with Crippen LogP contribution in [0.3, 0.4) is 0 Å². The Kier molecular flexibility index (Phi) is 4.66. The first-order valence-corrected chi connectivity index (χ1v) is 8.83. The molecular weight excluding hydrogens is 331 g/mol. The molecule has 0 saturated heterocycles. The van der Waals surface area contributed by atoms with Gasteiger partial charge in [0.2, 0.25) is 0 Å². The second-order valence-electron chi connectivity index (χ2n) is 5.10. The van der Waals surface area contributed by atoms with E-state index in [1.165, 1.54) is 14.2 Å². The molecule has 1 heterocycles. The highest BCUT2D eigenvalue weighted by Crippen LogP contribution is 2.51. The maximum Gasteiger partial charge on any atom is 0.529 e. The van der Waals surface area contributed by atoms with Crippen LogP contribution in [0.1, 0.15) is 18.7 Å². The van der Waals surface area contributed by atoms with Gasteiger partial charge >= 0.3 is 7.82 Å². The predicted molar refractivity (Wildman–Crippen MR) is 90.4 cm³/mol. The van der Waals surface area contributed by atoms with Gasteiger partial charge in [-0.2, -0.15) is 0 Å². The van der Waals surface area contributed by atoms with E-state index in [4.69, 9.17) is 13.6 Å². The van der Waals surface area contributed by atoms with E-state index >= 15 is 0 Å². The maximum atomic E-state index is 12.3. The number of phosphoric acid groups is 1. The molecule has 8 heteroatoms. The van der Waals surface area contributed by atoms with Crippen molar-refractivity contribution in [2.45, 2.75) is 12.8 Å². The van der Waals surface area contributed by atoms with Crippen LogP contribution in [0, 0.1) is 0 Å². The van der Waals surface area contributed by atoms with Crippen LogP contribution in [0.4, 0.5) is 0 Å². The van der Waals surface area contributed by atoms with Gasteiger partial charge in [-0.3, -0.25) is 13.8 Å². The summed E-state index contributed by atoms with van der Waals surface area (Å²) in [6.45, 7) is 0. The van der Waals surface area contributed by atoms with Crippen LogP contribution >= 0.6 is 7.82 Å². The lowest BCUT2D eigenvalue weighted by molar-refractivity contribution is 0.187. The summed E-state index contributed by atoms with van der Waals surface area (Å²) in [5.74, 6) is 0.662. The zero-order valence-corrected chi connectivity index (χ0v) is 14.2. The number of nitrogens with one attached hydrogen (secondary N) is 1. The number of nitrogens with zero attached hydrogens (tertiary/aromatic N) is 1. The number of aromatic amines is 1. The average Bonchev–Trinajstić information content (AvgIpc) is 2.62. The fraction of sp³-hybridized carbons (Fsp3) is 0.250. The van der Waals surface area contributed by atoms with Gasteiger partial charge in [-0.15, -0.1) is 0 Å². The molecule has 0 unspecified atom stereocenters. The molecule has 1 aliphatic carbocycles. The summed E-state index contributed by atoms with van der Waals surface area (Å²) in [6, 6.07) is 7.06. The van der Waals surface area contributed by atoms with Crippen molar-refractivity contribution in [2.24, 2.45) is 0 Å². The first-order valence-electron chi connectivity index (χ1n) is 7.37. The Morgan fingerprint density at radius 2 is 1.83 bits per heavy atom. The molecule has 1 N–H and O–H groups in total. The number of hydrogen-bond donors (Lipinski definition) is 1. The molecule has 1 aromatic heterocycles. The molecule has 7 nitrogen and oxygen atoms in total. The van der Waals surface area contributed by atoms with Crippen molar-refractivity contribution in [3.63, 3.8) is 0 Å². The number of phosphoric ester groups is 1. The van der Waals surface area contributed by atoms with Crippen LogP contribution in [0.2, 0.25) is 0 Å². The lowest BCUT2D eigenvalue weighted by Gasteiger charge is -2.20. The molecule has 1 aliphatic rings. The lowest BCUT2D eigenvalue weighted by Crippen LogP contribution is -2.13. The van der Waals surface area contributed by atoms with E-state index in [0.717, 1.165) is 6.42 Å². The molecule has 2 aromatic rings. The summed E-state index contributed by atoms with van der Waals surface area (Å²) in [5, 5.41) is 0.503. The minimum Gasteiger partial charge on any atom is -0.404 e. The van der Waals surface area contributed by atoms with E-state index in [1.54, 1.807) is 24.3 Å². The SMILES string of the molecule is COP(=O)(OC)OC1=CCCC=C1c1nc2ccccc2c(=O)[nH]1. The number of benzene rings is 1. The number of aromatic nitrogens is 2. The lowest BCUT2D eigenvalue weighted by atomic mass is 10.0. The third-order valence-corrected chi connectivity index (χ3v) is 4.95.